The zero-order valence-corrected chi connectivity index (χ0v) is 35.8. The van der Waals surface area contributed by atoms with Crippen molar-refractivity contribution in [2.75, 3.05) is 0 Å². The Morgan fingerprint density at radius 2 is 0.613 bits per heavy atom. The van der Waals surface area contributed by atoms with Gasteiger partial charge in [0, 0.05) is 5.56 Å². The molecule has 0 heterocycles. The van der Waals surface area contributed by atoms with Crippen LogP contribution in [0.5, 0.6) is 23.0 Å². The molecule has 8 rings (SSSR count). The first-order valence-corrected chi connectivity index (χ1v) is 23.7. The molecule has 310 valence electrons. The van der Waals surface area contributed by atoms with Gasteiger partial charge in [-0.25, -0.2) is 16.8 Å². The second-order valence-electron chi connectivity index (χ2n) is 14.6. The van der Waals surface area contributed by atoms with E-state index in [0.717, 1.165) is 27.8 Å². The topological polar surface area (TPSA) is 141 Å². The maximum atomic E-state index is 13.5. The predicted molar refractivity (Wildman–Crippen MR) is 239 cm³/mol. The Balaban J connectivity index is 0.872. The molecule has 0 saturated heterocycles. The van der Waals surface area contributed by atoms with Crippen molar-refractivity contribution >= 4 is 29.8 Å². The molecule has 12 heteroatoms. The van der Waals surface area contributed by atoms with Crippen molar-refractivity contribution in [3.05, 3.63) is 199 Å². The molecule has 0 fully saturated rings. The van der Waals surface area contributed by atoms with Crippen LogP contribution in [-0.2, 0) is 29.8 Å². The zero-order chi connectivity index (χ0) is 43.6. The molecule has 8 aromatic carbocycles. The highest BCUT2D eigenvalue weighted by Crippen LogP contribution is 2.34. The fourth-order valence-electron chi connectivity index (χ4n) is 6.82. The zero-order valence-electron chi connectivity index (χ0n) is 33.3. The third kappa shape index (κ3) is 9.09. The first kappa shape index (κ1) is 41.9. The lowest BCUT2D eigenvalue weighted by molar-refractivity contribution is 0.481. The molecule has 0 bridgehead atoms. The number of benzene rings is 8. The Bertz CT molecular complexity index is 3220. The monoisotopic (exact) mass is 878 g/mol. The normalized spacial score (nSPS) is 11.9. The SMILES string of the molecule is Cc1ccc(S(=O)(=O)c2ccc(Oc3ccc(-c4ccc(Oc5ccc(S(=O)(=O)c6ccc(-c7ccc(-c8ccc(C)cc8S(=O)(=O)O)cc7)cc6)cc5)cc4)cc3)cc2)cc1. The van der Waals surface area contributed by atoms with Gasteiger partial charge in [0.25, 0.3) is 10.1 Å². The first-order valence-electron chi connectivity index (χ1n) is 19.3. The van der Waals surface area contributed by atoms with Gasteiger partial charge >= 0.3 is 0 Å². The summed E-state index contributed by atoms with van der Waals surface area (Å²) in [4.78, 5) is 0.492. The molecule has 0 aliphatic rings. The summed E-state index contributed by atoms with van der Waals surface area (Å²) in [5.41, 5.74) is 6.12. The van der Waals surface area contributed by atoms with Crippen molar-refractivity contribution in [2.24, 2.45) is 0 Å². The third-order valence-electron chi connectivity index (χ3n) is 10.2. The lowest BCUT2D eigenvalue weighted by Gasteiger charge is -2.11. The van der Waals surface area contributed by atoms with Crippen molar-refractivity contribution in [1.29, 1.82) is 0 Å². The number of hydrogen-bond donors (Lipinski definition) is 1. The number of ether oxygens (including phenoxy) is 2. The summed E-state index contributed by atoms with van der Waals surface area (Å²) in [6.07, 6.45) is 0. The molecule has 1 N–H and O–H groups in total. The Morgan fingerprint density at radius 1 is 0.339 bits per heavy atom. The van der Waals surface area contributed by atoms with Crippen LogP contribution in [-0.4, -0.2) is 29.8 Å². The molecule has 0 radical (unpaired) electrons. The molecule has 8 aromatic rings. The molecule has 0 spiro atoms. The van der Waals surface area contributed by atoms with Crippen molar-refractivity contribution in [2.45, 2.75) is 38.3 Å². The first-order chi connectivity index (χ1) is 29.6. The van der Waals surface area contributed by atoms with Gasteiger partial charge in [0.2, 0.25) is 19.7 Å². The van der Waals surface area contributed by atoms with Crippen molar-refractivity contribution < 1.29 is 39.3 Å². The van der Waals surface area contributed by atoms with E-state index in [1.165, 1.54) is 30.3 Å². The Morgan fingerprint density at radius 3 is 0.984 bits per heavy atom. The van der Waals surface area contributed by atoms with E-state index in [0.29, 0.717) is 39.7 Å². The minimum atomic E-state index is -4.43. The van der Waals surface area contributed by atoms with Gasteiger partial charge in [-0.1, -0.05) is 90.5 Å². The van der Waals surface area contributed by atoms with E-state index in [-0.39, 0.29) is 24.5 Å². The van der Waals surface area contributed by atoms with Crippen molar-refractivity contribution in [3.63, 3.8) is 0 Å². The fraction of sp³-hybridized carbons (Fsp3) is 0.0400. The molecule has 0 aromatic heterocycles. The van der Waals surface area contributed by atoms with E-state index in [2.05, 4.69) is 0 Å². The van der Waals surface area contributed by atoms with Gasteiger partial charge in [-0.2, -0.15) is 8.42 Å². The summed E-state index contributed by atoms with van der Waals surface area (Å²) in [7, 11) is -11.9. The van der Waals surface area contributed by atoms with Crippen LogP contribution in [0, 0.1) is 13.8 Å². The van der Waals surface area contributed by atoms with E-state index in [1.54, 1.807) is 104 Å². The molecule has 0 atom stereocenters. The summed E-state index contributed by atoms with van der Waals surface area (Å²) in [6, 6.07) is 52.8. The average molecular weight is 879 g/mol. The lowest BCUT2D eigenvalue weighted by atomic mass is 10.00. The average Bonchev–Trinajstić information content (AvgIpc) is 3.27. The smallest absolute Gasteiger partial charge is 0.295 e. The van der Waals surface area contributed by atoms with Gasteiger partial charge in [0.1, 0.15) is 27.9 Å². The second-order valence-corrected chi connectivity index (χ2v) is 19.9. The number of aryl methyl sites for hydroxylation is 2. The van der Waals surface area contributed by atoms with Gasteiger partial charge in [-0.15, -0.1) is 0 Å². The highest BCUT2D eigenvalue weighted by Gasteiger charge is 2.20. The summed E-state index contributed by atoms with van der Waals surface area (Å²) in [6.45, 7) is 3.65. The molecule has 62 heavy (non-hydrogen) atoms. The van der Waals surface area contributed by atoms with Crippen LogP contribution in [0.25, 0.3) is 33.4 Å². The fourth-order valence-corrected chi connectivity index (χ4v) is 10.1. The predicted octanol–water partition coefficient (Wildman–Crippen LogP) is 11.8. The van der Waals surface area contributed by atoms with E-state index in [4.69, 9.17) is 9.47 Å². The van der Waals surface area contributed by atoms with Crippen LogP contribution in [0.2, 0.25) is 0 Å². The highest BCUT2D eigenvalue weighted by atomic mass is 32.2. The Labute approximate surface area is 361 Å². The second kappa shape index (κ2) is 16.9. The summed E-state index contributed by atoms with van der Waals surface area (Å²) in [5, 5.41) is 0. The van der Waals surface area contributed by atoms with E-state index >= 15 is 0 Å². The minimum Gasteiger partial charge on any atom is -0.457 e. The van der Waals surface area contributed by atoms with Crippen molar-refractivity contribution in [1.82, 2.24) is 0 Å². The van der Waals surface area contributed by atoms with Crippen LogP contribution in [0.4, 0.5) is 0 Å². The van der Waals surface area contributed by atoms with Crippen LogP contribution in [0.1, 0.15) is 11.1 Å². The van der Waals surface area contributed by atoms with Crippen LogP contribution < -0.4 is 9.47 Å². The number of rotatable bonds is 12. The standard InChI is InChI=1S/C50H38O9S3/c1-34-3-24-45(25-4-34)60(51,52)47-28-20-43(21-29-47)58-41-16-10-37(11-17-41)38-12-18-42(19-13-38)59-44-22-30-48(31-23-44)61(53,54)46-26-14-39(15-27-46)36-6-8-40(9-7-36)49-32-5-35(2)33-50(49)62(55,56)57/h3-33H,1-2H3,(H,55,56,57). The molecule has 0 aliphatic heterocycles. The Kier molecular flexibility index (Phi) is 11.4. The summed E-state index contributed by atoms with van der Waals surface area (Å²) in [5.74, 6) is 2.13. The van der Waals surface area contributed by atoms with Crippen LogP contribution >= 0.6 is 0 Å². The van der Waals surface area contributed by atoms with Crippen LogP contribution in [0.3, 0.4) is 0 Å². The summed E-state index contributed by atoms with van der Waals surface area (Å²) >= 11 is 0. The number of hydrogen-bond acceptors (Lipinski definition) is 8. The van der Waals surface area contributed by atoms with Crippen LogP contribution in [0.15, 0.2) is 213 Å². The maximum Gasteiger partial charge on any atom is 0.295 e. The van der Waals surface area contributed by atoms with E-state index in [1.807, 2.05) is 67.6 Å². The maximum absolute atomic E-state index is 13.5. The van der Waals surface area contributed by atoms with E-state index < -0.39 is 29.8 Å². The molecule has 9 nitrogen and oxygen atoms in total. The lowest BCUT2D eigenvalue weighted by Crippen LogP contribution is -2.02. The van der Waals surface area contributed by atoms with Gasteiger partial charge in [0.15, 0.2) is 0 Å². The molecule has 0 unspecified atom stereocenters. The quantitative estimate of drug-likeness (QED) is 0.119. The van der Waals surface area contributed by atoms with Gasteiger partial charge in [0.05, 0.1) is 19.6 Å². The number of sulfone groups is 2. The van der Waals surface area contributed by atoms with E-state index in [9.17, 15) is 29.8 Å². The Hall–Kier alpha value is -6.83. The molecule has 0 saturated carbocycles. The third-order valence-corrected chi connectivity index (χ3v) is 14.7. The largest absolute Gasteiger partial charge is 0.457 e. The van der Waals surface area contributed by atoms with Gasteiger partial charge < -0.3 is 9.47 Å². The van der Waals surface area contributed by atoms with Crippen molar-refractivity contribution in [3.8, 4) is 56.4 Å². The molecular formula is C50H38O9S3. The van der Waals surface area contributed by atoms with Gasteiger partial charge in [-0.3, -0.25) is 4.55 Å². The van der Waals surface area contributed by atoms with Gasteiger partial charge in [-0.05, 0) is 150 Å². The summed E-state index contributed by atoms with van der Waals surface area (Å²) < 4.78 is 98.8. The molecule has 0 aliphatic carbocycles. The highest BCUT2D eigenvalue weighted by molar-refractivity contribution is 7.91. The minimum absolute atomic E-state index is 0.112. The molecule has 0 amide bonds. The molecular weight excluding hydrogens is 841 g/mol.